The van der Waals surface area contributed by atoms with Gasteiger partial charge in [-0.15, -0.1) is 0 Å². The number of H-pyrrole nitrogens is 1. The lowest BCUT2D eigenvalue weighted by molar-refractivity contribution is -0.163. The monoisotopic (exact) mass is 244 g/mol. The maximum atomic E-state index is 11.3. The van der Waals surface area contributed by atoms with E-state index in [4.69, 9.17) is 4.74 Å². The zero-order valence-electron chi connectivity index (χ0n) is 9.59. The van der Waals surface area contributed by atoms with Gasteiger partial charge >= 0.3 is 5.97 Å². The summed E-state index contributed by atoms with van der Waals surface area (Å²) in [4.78, 5) is 18.6. The predicted molar refractivity (Wildman–Crippen MR) is 64.2 cm³/mol. The highest BCUT2D eigenvalue weighted by Crippen LogP contribution is 2.32. The molecule has 1 saturated heterocycles. The van der Waals surface area contributed by atoms with Gasteiger partial charge < -0.3 is 14.8 Å². The quantitative estimate of drug-likeness (QED) is 0.856. The minimum atomic E-state index is -1.01. The first-order valence-corrected chi connectivity index (χ1v) is 5.64. The summed E-state index contributed by atoms with van der Waals surface area (Å²) in [6.07, 6.45) is 1.66. The number of aliphatic carboxylic acids is 1. The molecule has 0 saturated carbocycles. The summed E-state index contributed by atoms with van der Waals surface area (Å²) in [5.74, 6) is -0.442. The van der Waals surface area contributed by atoms with E-state index in [1.165, 1.54) is 0 Å². The van der Waals surface area contributed by atoms with Gasteiger partial charge in [0.05, 0.1) is 25.1 Å². The average Bonchev–Trinajstić information content (AvgIpc) is 2.78. The number of nitrogens with one attached hydrogen (secondary N) is 1. The van der Waals surface area contributed by atoms with Crippen molar-refractivity contribution in [2.24, 2.45) is 0 Å². The van der Waals surface area contributed by atoms with Crippen LogP contribution in [0, 0.1) is 0 Å². The number of hydrogen-bond donors (Lipinski definition) is 2. The predicted octanol–water partition coefficient (Wildman–Crippen LogP) is 1.43. The van der Waals surface area contributed by atoms with Crippen LogP contribution in [-0.2, 0) is 14.9 Å². The van der Waals surface area contributed by atoms with Gasteiger partial charge in [0.25, 0.3) is 0 Å². The Morgan fingerprint density at radius 1 is 1.33 bits per heavy atom. The Labute approximate surface area is 103 Å². The second kappa shape index (κ2) is 3.96. The van der Waals surface area contributed by atoms with Crippen molar-refractivity contribution in [3.05, 3.63) is 42.4 Å². The number of carboxylic acid groups (broad SMARTS) is 1. The number of benzene rings is 1. The molecular weight excluding hydrogens is 232 g/mol. The number of rotatable bonds is 3. The molecule has 0 atom stereocenters. The molecule has 0 aliphatic carbocycles. The van der Waals surface area contributed by atoms with Gasteiger partial charge in [-0.25, -0.2) is 4.98 Å². The molecule has 5 heteroatoms. The number of hydrogen-bond acceptors (Lipinski definition) is 3. The van der Waals surface area contributed by atoms with Crippen LogP contribution in [0.1, 0.15) is 5.82 Å². The maximum absolute atomic E-state index is 11.3. The van der Waals surface area contributed by atoms with Crippen LogP contribution in [0.5, 0.6) is 0 Å². The van der Waals surface area contributed by atoms with Gasteiger partial charge in [0.1, 0.15) is 5.82 Å². The van der Waals surface area contributed by atoms with Crippen LogP contribution >= 0.6 is 0 Å². The Kier molecular flexibility index (Phi) is 2.41. The lowest BCUT2D eigenvalue weighted by Gasteiger charge is -2.35. The first kappa shape index (κ1) is 11.0. The first-order valence-electron chi connectivity index (χ1n) is 5.64. The van der Waals surface area contributed by atoms with Crippen molar-refractivity contribution >= 4 is 5.97 Å². The summed E-state index contributed by atoms with van der Waals surface area (Å²) < 4.78 is 5.03. The average molecular weight is 244 g/mol. The highest BCUT2D eigenvalue weighted by atomic mass is 16.5. The number of aromatic amines is 1. The van der Waals surface area contributed by atoms with Crippen LogP contribution in [0.25, 0.3) is 11.3 Å². The minimum Gasteiger partial charge on any atom is -0.480 e. The fourth-order valence-corrected chi connectivity index (χ4v) is 2.00. The third-order valence-electron chi connectivity index (χ3n) is 3.22. The van der Waals surface area contributed by atoms with Gasteiger partial charge in [0.2, 0.25) is 0 Å². The van der Waals surface area contributed by atoms with Crippen LogP contribution in [0.15, 0.2) is 36.5 Å². The Hall–Kier alpha value is -2.14. The molecule has 1 aliphatic heterocycles. The molecule has 2 aromatic rings. The summed E-state index contributed by atoms with van der Waals surface area (Å²) >= 11 is 0. The van der Waals surface area contributed by atoms with Crippen LogP contribution in [-0.4, -0.2) is 34.3 Å². The lowest BCUT2D eigenvalue weighted by atomic mass is 9.85. The van der Waals surface area contributed by atoms with Gasteiger partial charge in [0, 0.05) is 0 Å². The van der Waals surface area contributed by atoms with Crippen LogP contribution in [0.3, 0.4) is 0 Å². The Bertz CT molecular complexity index is 573. The molecule has 0 unspecified atom stereocenters. The molecule has 3 rings (SSSR count). The van der Waals surface area contributed by atoms with Crippen LogP contribution in [0.4, 0.5) is 0 Å². The Morgan fingerprint density at radius 3 is 2.61 bits per heavy atom. The molecule has 1 aromatic heterocycles. The van der Waals surface area contributed by atoms with Crippen molar-refractivity contribution in [3.8, 4) is 11.3 Å². The third kappa shape index (κ3) is 1.52. The molecule has 1 aromatic carbocycles. The number of aromatic nitrogens is 2. The molecule has 92 valence electrons. The number of carbonyl (C=O) groups is 1. The number of carboxylic acids is 1. The van der Waals surface area contributed by atoms with Gasteiger partial charge in [-0.3, -0.25) is 4.79 Å². The van der Waals surface area contributed by atoms with E-state index >= 15 is 0 Å². The molecule has 1 fully saturated rings. The lowest BCUT2D eigenvalue weighted by Crippen LogP contribution is -2.53. The highest BCUT2D eigenvalue weighted by Gasteiger charge is 2.50. The maximum Gasteiger partial charge on any atom is 0.322 e. The Morgan fingerprint density at radius 2 is 2.06 bits per heavy atom. The number of ether oxygens (including phenoxy) is 1. The highest BCUT2D eigenvalue weighted by molar-refractivity contribution is 5.82. The SMILES string of the molecule is O=C(O)C1(c2ncc(-c3ccccc3)[nH]2)COC1. The molecule has 0 amide bonds. The van der Waals surface area contributed by atoms with Gasteiger partial charge in [-0.2, -0.15) is 0 Å². The summed E-state index contributed by atoms with van der Waals surface area (Å²) in [5, 5.41) is 9.28. The molecule has 18 heavy (non-hydrogen) atoms. The second-order valence-electron chi connectivity index (χ2n) is 4.39. The van der Waals surface area contributed by atoms with E-state index in [1.807, 2.05) is 30.3 Å². The van der Waals surface area contributed by atoms with Gasteiger partial charge in [-0.05, 0) is 5.56 Å². The van der Waals surface area contributed by atoms with Gasteiger partial charge in [0.15, 0.2) is 5.41 Å². The largest absolute Gasteiger partial charge is 0.480 e. The van der Waals surface area contributed by atoms with E-state index in [-0.39, 0.29) is 13.2 Å². The van der Waals surface area contributed by atoms with E-state index < -0.39 is 11.4 Å². The molecule has 0 radical (unpaired) electrons. The van der Waals surface area contributed by atoms with Crippen molar-refractivity contribution in [1.82, 2.24) is 9.97 Å². The smallest absolute Gasteiger partial charge is 0.322 e. The number of imidazole rings is 1. The fourth-order valence-electron chi connectivity index (χ4n) is 2.00. The molecule has 2 N–H and O–H groups in total. The van der Waals surface area contributed by atoms with E-state index in [0.717, 1.165) is 11.3 Å². The molecule has 2 heterocycles. The minimum absolute atomic E-state index is 0.171. The van der Waals surface area contributed by atoms with Crippen molar-refractivity contribution in [2.45, 2.75) is 5.41 Å². The van der Waals surface area contributed by atoms with E-state index in [0.29, 0.717) is 5.82 Å². The molecular formula is C13H12N2O3. The molecule has 0 spiro atoms. The summed E-state index contributed by atoms with van der Waals surface area (Å²) in [5.41, 5.74) is 0.794. The number of nitrogens with zero attached hydrogens (tertiary/aromatic N) is 1. The summed E-state index contributed by atoms with van der Waals surface area (Å²) in [6.45, 7) is 0.341. The standard InChI is InChI=1S/C13H12N2O3/c16-12(17)13(7-18-8-13)11-14-6-10(15-11)9-4-2-1-3-5-9/h1-6H,7-8H2,(H,14,15)(H,16,17). The molecule has 5 nitrogen and oxygen atoms in total. The summed E-state index contributed by atoms with van der Waals surface area (Å²) in [6, 6.07) is 9.67. The zero-order valence-corrected chi connectivity index (χ0v) is 9.59. The Balaban J connectivity index is 1.97. The van der Waals surface area contributed by atoms with E-state index in [2.05, 4.69) is 9.97 Å². The van der Waals surface area contributed by atoms with Crippen LogP contribution < -0.4 is 0 Å². The molecule has 1 aliphatic rings. The van der Waals surface area contributed by atoms with E-state index in [9.17, 15) is 9.90 Å². The van der Waals surface area contributed by atoms with Crippen molar-refractivity contribution in [2.75, 3.05) is 13.2 Å². The normalized spacial score (nSPS) is 17.1. The van der Waals surface area contributed by atoms with Crippen molar-refractivity contribution in [3.63, 3.8) is 0 Å². The second-order valence-corrected chi connectivity index (χ2v) is 4.39. The summed E-state index contributed by atoms with van der Waals surface area (Å²) in [7, 11) is 0. The van der Waals surface area contributed by atoms with Crippen molar-refractivity contribution < 1.29 is 14.6 Å². The van der Waals surface area contributed by atoms with Crippen molar-refractivity contribution in [1.29, 1.82) is 0 Å². The van der Waals surface area contributed by atoms with Crippen LogP contribution in [0.2, 0.25) is 0 Å². The zero-order chi connectivity index (χ0) is 12.6. The fraction of sp³-hybridized carbons (Fsp3) is 0.231. The van der Waals surface area contributed by atoms with E-state index in [1.54, 1.807) is 6.20 Å². The van der Waals surface area contributed by atoms with Gasteiger partial charge in [-0.1, -0.05) is 30.3 Å². The first-order chi connectivity index (χ1) is 8.72. The topological polar surface area (TPSA) is 75.2 Å². The third-order valence-corrected chi connectivity index (χ3v) is 3.22. The molecule has 0 bridgehead atoms.